The minimum Gasteiger partial charge on any atom is -0.493 e. The molecule has 2 aliphatic carbocycles. The molecule has 2 aromatic carbocycles. The maximum atomic E-state index is 15.4. The topological polar surface area (TPSA) is 114 Å². The summed E-state index contributed by atoms with van der Waals surface area (Å²) in [5.74, 6) is 3.06. The number of aliphatic hydroxyl groups excluding tert-OH is 2. The van der Waals surface area contributed by atoms with Gasteiger partial charge in [-0.1, -0.05) is 26.0 Å². The molecule has 2 amide bonds. The molecular weight excluding hydrogens is 785 g/mol. The van der Waals surface area contributed by atoms with E-state index in [0.717, 1.165) is 86.0 Å². The lowest BCUT2D eigenvalue weighted by Crippen LogP contribution is -2.68. The molecule has 13 heteroatoms. The van der Waals surface area contributed by atoms with Crippen molar-refractivity contribution in [3.8, 4) is 23.0 Å². The first kappa shape index (κ1) is 45.2. The Hall–Kier alpha value is -3.33. The summed E-state index contributed by atoms with van der Waals surface area (Å²) in [6, 6.07) is 12.7. The van der Waals surface area contributed by atoms with Crippen LogP contribution in [0.1, 0.15) is 102 Å². The largest absolute Gasteiger partial charge is 0.493 e. The standard InChI is InChI=1S/C49H76N6O7/c1-33(56)48(3)31-52(27-39(48)35-17-19-41(59-7)43(25-35)61-37-13-9-10-14-37)45-29-50(5)21-23-54(45)47(58)55-24-22-51(6)30-46(55)53-28-40(49(4,32-53)34(2)57)36-18-20-42(60-8)44(26-36)62-38-15-11-12-16-38/h17-20,25-26,33-34,37-40,45-46,56-57H,9-16,21-24,27-32H2,1-8H3/t33-,34-,39+,40+,45?,46?,48+,49+/m1/s1. The molecule has 2 saturated carbocycles. The first-order valence-electron chi connectivity index (χ1n) is 23.7. The number of likely N-dealkylation sites (tertiary alicyclic amines) is 2. The van der Waals surface area contributed by atoms with E-state index >= 15 is 4.79 Å². The highest BCUT2D eigenvalue weighted by Crippen LogP contribution is 2.50. The maximum absolute atomic E-state index is 15.4. The highest BCUT2D eigenvalue weighted by atomic mass is 16.5. The second-order valence-corrected chi connectivity index (χ2v) is 20.4. The van der Waals surface area contributed by atoms with Crippen molar-refractivity contribution in [2.24, 2.45) is 10.8 Å². The minimum absolute atomic E-state index is 0.0154. The smallest absolute Gasteiger partial charge is 0.322 e. The van der Waals surface area contributed by atoms with Crippen LogP contribution >= 0.6 is 0 Å². The average Bonchev–Trinajstić information content (AvgIpc) is 4.09. The molecule has 0 aromatic heterocycles. The molecule has 6 fully saturated rings. The highest BCUT2D eigenvalue weighted by molar-refractivity contribution is 5.75. The minimum atomic E-state index is -0.575. The summed E-state index contributed by atoms with van der Waals surface area (Å²) >= 11 is 0. The van der Waals surface area contributed by atoms with Gasteiger partial charge in [-0.05, 0) is 115 Å². The molecule has 0 radical (unpaired) electrons. The molecule has 4 heterocycles. The van der Waals surface area contributed by atoms with Gasteiger partial charge in [0.05, 0.1) is 51.0 Å². The van der Waals surface area contributed by atoms with Crippen LogP contribution in [-0.2, 0) is 0 Å². The van der Waals surface area contributed by atoms with Crippen LogP contribution < -0.4 is 18.9 Å². The van der Waals surface area contributed by atoms with Gasteiger partial charge in [0.15, 0.2) is 23.0 Å². The summed E-state index contributed by atoms with van der Waals surface area (Å²) in [4.78, 5) is 29.2. The summed E-state index contributed by atoms with van der Waals surface area (Å²) in [5, 5.41) is 23.1. The fraction of sp³-hybridized carbons (Fsp3) is 0.735. The quantitative estimate of drug-likeness (QED) is 0.267. The molecule has 2 aromatic rings. The van der Waals surface area contributed by atoms with Crippen molar-refractivity contribution in [3.05, 3.63) is 47.5 Å². The molecule has 13 nitrogen and oxygen atoms in total. The molecule has 0 spiro atoms. The number of rotatable bonds is 12. The van der Waals surface area contributed by atoms with E-state index in [4.69, 9.17) is 18.9 Å². The van der Waals surface area contributed by atoms with Crippen LogP contribution in [0.25, 0.3) is 0 Å². The lowest BCUT2D eigenvalue weighted by atomic mass is 9.72. The van der Waals surface area contributed by atoms with Gasteiger partial charge in [-0.2, -0.15) is 0 Å². The first-order valence-corrected chi connectivity index (χ1v) is 23.7. The van der Waals surface area contributed by atoms with Gasteiger partial charge in [0.25, 0.3) is 0 Å². The van der Waals surface area contributed by atoms with Crippen molar-refractivity contribution in [1.29, 1.82) is 0 Å². The van der Waals surface area contributed by atoms with Crippen molar-refractivity contribution in [1.82, 2.24) is 29.4 Å². The third-order valence-electron chi connectivity index (χ3n) is 16.2. The number of carbonyl (C=O) groups excluding carboxylic acids is 1. The van der Waals surface area contributed by atoms with Crippen molar-refractivity contribution in [2.45, 2.75) is 128 Å². The van der Waals surface area contributed by atoms with Crippen molar-refractivity contribution < 1.29 is 34.0 Å². The third-order valence-corrected chi connectivity index (χ3v) is 16.2. The van der Waals surface area contributed by atoms with Gasteiger partial charge in [0.1, 0.15) is 0 Å². The van der Waals surface area contributed by atoms with Gasteiger partial charge in [0.2, 0.25) is 0 Å². The number of ether oxygens (including phenoxy) is 4. The molecule has 2 N–H and O–H groups in total. The van der Waals surface area contributed by atoms with Gasteiger partial charge in [-0.15, -0.1) is 0 Å². The Morgan fingerprint density at radius 1 is 0.613 bits per heavy atom. The molecule has 0 bridgehead atoms. The van der Waals surface area contributed by atoms with E-state index in [1.807, 2.05) is 26.0 Å². The normalized spacial score (nSPS) is 32.1. The van der Waals surface area contributed by atoms with Gasteiger partial charge in [0, 0.05) is 88.1 Å². The van der Waals surface area contributed by atoms with E-state index in [1.165, 1.54) is 25.7 Å². The number of methoxy groups -OCH3 is 2. The molecule has 4 saturated heterocycles. The summed E-state index contributed by atoms with van der Waals surface area (Å²) in [5.41, 5.74) is 1.34. The zero-order valence-corrected chi connectivity index (χ0v) is 38.9. The van der Waals surface area contributed by atoms with E-state index in [0.29, 0.717) is 39.3 Å². The van der Waals surface area contributed by atoms with Crippen LogP contribution in [0.2, 0.25) is 0 Å². The summed E-state index contributed by atoms with van der Waals surface area (Å²) in [7, 11) is 7.69. The van der Waals surface area contributed by atoms with Crippen LogP contribution in [0.15, 0.2) is 36.4 Å². The average molecular weight is 861 g/mol. The van der Waals surface area contributed by atoms with E-state index in [-0.39, 0.29) is 42.4 Å². The molecule has 8 rings (SSSR count). The number of hydrogen-bond donors (Lipinski definition) is 2. The van der Waals surface area contributed by atoms with Crippen LogP contribution in [0.3, 0.4) is 0 Å². The van der Waals surface area contributed by atoms with Crippen molar-refractivity contribution in [2.75, 3.05) is 93.8 Å². The molecule has 62 heavy (non-hydrogen) atoms. The molecule has 2 unspecified atom stereocenters. The first-order chi connectivity index (χ1) is 29.7. The molecule has 4 aliphatic heterocycles. The number of nitrogens with zero attached hydrogens (tertiary/aromatic N) is 6. The van der Waals surface area contributed by atoms with Gasteiger partial charge >= 0.3 is 6.03 Å². The van der Waals surface area contributed by atoms with Crippen molar-refractivity contribution >= 4 is 6.03 Å². The Labute approximate surface area is 371 Å². The van der Waals surface area contributed by atoms with Crippen molar-refractivity contribution in [3.63, 3.8) is 0 Å². The van der Waals surface area contributed by atoms with E-state index in [1.54, 1.807) is 14.2 Å². The number of piperazine rings is 2. The predicted octanol–water partition coefficient (Wildman–Crippen LogP) is 5.89. The Balaban J connectivity index is 1.05. The van der Waals surface area contributed by atoms with E-state index < -0.39 is 23.0 Å². The van der Waals surface area contributed by atoms with Gasteiger partial charge < -0.3 is 48.8 Å². The second-order valence-electron chi connectivity index (χ2n) is 20.4. The van der Waals surface area contributed by atoms with Crippen LogP contribution in [0, 0.1) is 10.8 Å². The molecular formula is C49H76N6O7. The maximum Gasteiger partial charge on any atom is 0.322 e. The second kappa shape index (κ2) is 18.6. The van der Waals surface area contributed by atoms with E-state index in [2.05, 4.69) is 81.6 Å². The molecule has 8 atom stereocenters. The van der Waals surface area contributed by atoms with E-state index in [9.17, 15) is 10.2 Å². The number of hydrogen-bond acceptors (Lipinski definition) is 11. The Morgan fingerprint density at radius 2 is 1.00 bits per heavy atom. The number of amides is 2. The number of benzene rings is 2. The monoisotopic (exact) mass is 861 g/mol. The lowest BCUT2D eigenvalue weighted by Gasteiger charge is -2.50. The van der Waals surface area contributed by atoms with Gasteiger partial charge in [-0.3, -0.25) is 9.80 Å². The zero-order valence-electron chi connectivity index (χ0n) is 38.9. The Bertz CT molecular complexity index is 1720. The lowest BCUT2D eigenvalue weighted by molar-refractivity contribution is -0.0350. The van der Waals surface area contributed by atoms with Crippen LogP contribution in [0.4, 0.5) is 4.79 Å². The van der Waals surface area contributed by atoms with Crippen LogP contribution in [0.5, 0.6) is 23.0 Å². The Kier molecular flexibility index (Phi) is 13.6. The Morgan fingerprint density at radius 3 is 1.35 bits per heavy atom. The van der Waals surface area contributed by atoms with Gasteiger partial charge in [-0.25, -0.2) is 4.79 Å². The fourth-order valence-electron chi connectivity index (χ4n) is 11.8. The number of urea groups is 1. The summed E-state index contributed by atoms with van der Waals surface area (Å²) < 4.78 is 24.7. The summed E-state index contributed by atoms with van der Waals surface area (Å²) in [6.07, 6.45) is 7.88. The number of aliphatic hydroxyl groups is 2. The molecule has 6 aliphatic rings. The highest BCUT2D eigenvalue weighted by Gasteiger charge is 2.53. The number of likely N-dealkylation sites (N-methyl/N-ethyl adjacent to an activating group) is 2. The SMILES string of the molecule is COc1ccc([C@@H]2CN(C3CN(C)CCN3C(=O)N3CCN(C)CC3N3C[C@@H](c4ccc(OC)c(OC5CCCC5)c4)[C@](C)([C@@H](C)O)C3)C[C@@]2(C)[C@@H](C)O)cc1OC1CCCC1. The number of carbonyl (C=O) groups is 1. The zero-order chi connectivity index (χ0) is 43.9. The fourth-order valence-corrected chi connectivity index (χ4v) is 11.8. The molecule has 344 valence electrons. The predicted molar refractivity (Wildman–Crippen MR) is 241 cm³/mol. The van der Waals surface area contributed by atoms with Crippen LogP contribution in [-0.4, -0.2) is 176 Å². The summed E-state index contributed by atoms with van der Waals surface area (Å²) in [6.45, 7) is 15.2. The third kappa shape index (κ3) is 8.88.